The molecule has 0 unspecified atom stereocenters. The van der Waals surface area contributed by atoms with E-state index in [0.717, 1.165) is 34.7 Å². The van der Waals surface area contributed by atoms with Crippen molar-refractivity contribution in [2.75, 3.05) is 19.0 Å². The summed E-state index contributed by atoms with van der Waals surface area (Å²) in [6.07, 6.45) is 2.21. The summed E-state index contributed by atoms with van der Waals surface area (Å²) >= 11 is 0. The molecule has 32 heavy (non-hydrogen) atoms. The predicted octanol–water partition coefficient (Wildman–Crippen LogP) is 7.01. The van der Waals surface area contributed by atoms with E-state index in [2.05, 4.69) is 0 Å². The van der Waals surface area contributed by atoms with Gasteiger partial charge in [-0.05, 0) is 31.6 Å². The van der Waals surface area contributed by atoms with Crippen molar-refractivity contribution >= 4 is 17.1 Å². The molecule has 0 atom stereocenters. The summed E-state index contributed by atoms with van der Waals surface area (Å²) in [5.41, 5.74) is 3.95. The van der Waals surface area contributed by atoms with Crippen LogP contribution in [0.2, 0.25) is 0 Å². The number of halogens is 3. The summed E-state index contributed by atoms with van der Waals surface area (Å²) < 4.78 is 46.6. The lowest BCUT2D eigenvalue weighted by molar-refractivity contribution is -0.401. The molecule has 0 spiro atoms. The highest BCUT2D eigenvalue weighted by molar-refractivity contribution is 6.03. The van der Waals surface area contributed by atoms with Crippen molar-refractivity contribution < 1.29 is 17.7 Å². The van der Waals surface area contributed by atoms with Gasteiger partial charge < -0.3 is 4.90 Å². The molecular weight excluding hydrogens is 409 g/mol. The van der Waals surface area contributed by atoms with E-state index in [9.17, 15) is 13.2 Å². The zero-order valence-electron chi connectivity index (χ0n) is 19.3. The third-order valence-corrected chi connectivity index (χ3v) is 6.83. The minimum absolute atomic E-state index is 0.535. The van der Waals surface area contributed by atoms with Gasteiger partial charge in [0.15, 0.2) is 23.2 Å². The van der Waals surface area contributed by atoms with E-state index >= 15 is 0 Å². The van der Waals surface area contributed by atoms with Gasteiger partial charge in [0.2, 0.25) is 5.69 Å². The number of rotatable bonds is 3. The average Bonchev–Trinajstić information content (AvgIpc) is 3.08. The topological polar surface area (TPSA) is 6.25 Å². The van der Waals surface area contributed by atoms with Gasteiger partial charge in [-0.25, -0.2) is 13.2 Å². The Morgan fingerprint density at radius 1 is 0.875 bits per heavy atom. The van der Waals surface area contributed by atoms with Crippen molar-refractivity contribution in [2.24, 2.45) is 0 Å². The maximum atomic E-state index is 15.0. The first-order valence-corrected chi connectivity index (χ1v) is 10.7. The van der Waals surface area contributed by atoms with E-state index in [0.29, 0.717) is 11.4 Å². The molecule has 0 fully saturated rings. The Bertz CT molecular complexity index is 1230. The fourth-order valence-electron chi connectivity index (χ4n) is 5.00. The number of hydrogen-bond donors (Lipinski definition) is 0. The lowest BCUT2D eigenvalue weighted by atomic mass is 9.81. The zero-order valence-corrected chi connectivity index (χ0v) is 19.3. The normalized spacial score (nSPS) is 21.1. The van der Waals surface area contributed by atoms with Gasteiger partial charge in [0, 0.05) is 41.6 Å². The SMILES string of the molecule is CN1/C(=C/C(F)=C(F)/C(F)=C\C2=[N+](C)c3ccccc3C2(C)C)C(C)(C)c2ccccc21. The predicted molar refractivity (Wildman–Crippen MR) is 125 cm³/mol. The molecule has 5 heteroatoms. The zero-order chi connectivity index (χ0) is 23.4. The quantitative estimate of drug-likeness (QED) is 0.370. The van der Waals surface area contributed by atoms with Gasteiger partial charge in [0.25, 0.3) is 0 Å². The first-order chi connectivity index (χ1) is 15.0. The third-order valence-electron chi connectivity index (χ3n) is 6.83. The van der Waals surface area contributed by atoms with Gasteiger partial charge in [0.05, 0.1) is 5.41 Å². The van der Waals surface area contributed by atoms with Crippen LogP contribution in [0, 0.1) is 0 Å². The number of anilines is 1. The fourth-order valence-corrected chi connectivity index (χ4v) is 5.00. The summed E-state index contributed by atoms with van der Waals surface area (Å²) in [5, 5.41) is 0. The minimum atomic E-state index is -1.50. The van der Waals surface area contributed by atoms with Gasteiger partial charge in [-0.15, -0.1) is 0 Å². The van der Waals surface area contributed by atoms with Crippen LogP contribution in [0.1, 0.15) is 38.8 Å². The highest BCUT2D eigenvalue weighted by Gasteiger charge is 2.43. The number of fused-ring (bicyclic) bond motifs is 2. The van der Waals surface area contributed by atoms with Crippen molar-refractivity contribution in [3.05, 3.63) is 95.0 Å². The summed E-state index contributed by atoms with van der Waals surface area (Å²) in [5.74, 6) is -3.94. The second kappa shape index (κ2) is 7.51. The average molecular weight is 438 g/mol. The van der Waals surface area contributed by atoms with E-state index in [1.54, 1.807) is 14.1 Å². The lowest BCUT2D eigenvalue weighted by Gasteiger charge is -2.24. The van der Waals surface area contributed by atoms with Gasteiger partial charge in [-0.3, -0.25) is 0 Å². The molecule has 0 saturated heterocycles. The molecule has 4 rings (SSSR count). The van der Waals surface area contributed by atoms with Crippen LogP contribution in [-0.4, -0.2) is 24.4 Å². The Kier molecular flexibility index (Phi) is 5.19. The molecule has 0 bridgehead atoms. The molecule has 2 aromatic carbocycles. The maximum Gasteiger partial charge on any atom is 0.209 e. The maximum absolute atomic E-state index is 15.0. The summed E-state index contributed by atoms with van der Waals surface area (Å²) in [7, 11) is 3.61. The Morgan fingerprint density at radius 2 is 1.47 bits per heavy atom. The Morgan fingerprint density at radius 3 is 2.09 bits per heavy atom. The Labute approximate surface area is 187 Å². The van der Waals surface area contributed by atoms with Crippen molar-refractivity contribution in [1.29, 1.82) is 0 Å². The molecule has 0 aliphatic carbocycles. The van der Waals surface area contributed by atoms with Gasteiger partial charge >= 0.3 is 0 Å². The van der Waals surface area contributed by atoms with Crippen molar-refractivity contribution in [3.8, 4) is 0 Å². The van der Waals surface area contributed by atoms with E-state index in [1.165, 1.54) is 0 Å². The molecule has 0 saturated carbocycles. The summed E-state index contributed by atoms with van der Waals surface area (Å²) in [6, 6.07) is 15.4. The second-order valence-corrected chi connectivity index (χ2v) is 9.47. The van der Waals surface area contributed by atoms with Crippen molar-refractivity contribution in [1.82, 2.24) is 0 Å². The Balaban J connectivity index is 1.73. The molecule has 2 aliphatic rings. The van der Waals surface area contributed by atoms with Gasteiger partial charge in [-0.2, -0.15) is 4.58 Å². The van der Waals surface area contributed by atoms with Crippen LogP contribution in [0.25, 0.3) is 0 Å². The van der Waals surface area contributed by atoms with Crippen LogP contribution < -0.4 is 4.90 Å². The van der Waals surface area contributed by atoms with Gasteiger partial charge in [0.1, 0.15) is 7.05 Å². The third kappa shape index (κ3) is 3.22. The molecule has 2 aromatic rings. The first-order valence-electron chi connectivity index (χ1n) is 10.7. The number of para-hydroxylation sites is 2. The Hall–Kier alpha value is -3.08. The molecule has 0 N–H and O–H groups in total. The van der Waals surface area contributed by atoms with Crippen LogP contribution in [0.15, 0.2) is 83.9 Å². The van der Waals surface area contributed by atoms with E-state index in [4.69, 9.17) is 0 Å². The standard InChI is InChI=1S/C27H28F3N2/c1-26(2)17-11-7-9-13-21(17)31(5)23(26)15-19(28)25(30)20(29)16-24-27(3,4)18-12-8-10-14-22(18)32(24)6/h7-16H,1-6H3/q+1. The number of allylic oxidation sites excluding steroid dienone is 6. The number of likely N-dealkylation sites (N-methyl/N-ethyl adjacent to an activating group) is 1. The summed E-state index contributed by atoms with van der Waals surface area (Å²) in [6.45, 7) is 7.78. The van der Waals surface area contributed by atoms with Crippen molar-refractivity contribution in [3.63, 3.8) is 0 Å². The van der Waals surface area contributed by atoms with E-state index in [-0.39, 0.29) is 0 Å². The first kappa shape index (κ1) is 22.1. The molecule has 2 heterocycles. The van der Waals surface area contributed by atoms with Crippen LogP contribution in [0.4, 0.5) is 24.5 Å². The molecule has 2 nitrogen and oxygen atoms in total. The molecular formula is C27H28F3N2+. The fraction of sp³-hybridized carbons (Fsp3) is 0.296. The highest BCUT2D eigenvalue weighted by atomic mass is 19.2. The smallest absolute Gasteiger partial charge is 0.209 e. The lowest BCUT2D eigenvalue weighted by Crippen LogP contribution is -2.27. The van der Waals surface area contributed by atoms with Crippen LogP contribution in [0.5, 0.6) is 0 Å². The molecule has 166 valence electrons. The number of benzene rings is 2. The van der Waals surface area contributed by atoms with Crippen molar-refractivity contribution in [2.45, 2.75) is 38.5 Å². The second-order valence-electron chi connectivity index (χ2n) is 9.47. The minimum Gasteiger partial charge on any atom is -0.347 e. The number of hydrogen-bond acceptors (Lipinski definition) is 1. The van der Waals surface area contributed by atoms with Crippen LogP contribution in [-0.2, 0) is 10.8 Å². The van der Waals surface area contributed by atoms with E-state index in [1.807, 2.05) is 85.7 Å². The molecule has 0 radical (unpaired) electrons. The number of nitrogens with zero attached hydrogens (tertiary/aromatic N) is 2. The molecule has 2 aliphatic heterocycles. The molecule has 0 amide bonds. The monoisotopic (exact) mass is 437 g/mol. The largest absolute Gasteiger partial charge is 0.347 e. The highest BCUT2D eigenvalue weighted by Crippen LogP contribution is 2.47. The van der Waals surface area contributed by atoms with Crippen LogP contribution >= 0.6 is 0 Å². The van der Waals surface area contributed by atoms with E-state index < -0.39 is 28.3 Å². The summed E-state index contributed by atoms with van der Waals surface area (Å²) in [4.78, 5) is 1.82. The van der Waals surface area contributed by atoms with Gasteiger partial charge in [-0.1, -0.05) is 50.2 Å². The van der Waals surface area contributed by atoms with Crippen LogP contribution in [0.3, 0.4) is 0 Å². The molecule has 0 aromatic heterocycles.